The molecule has 1 N–H and O–H groups in total. The number of benzene rings is 2. The van der Waals surface area contributed by atoms with E-state index >= 15 is 0 Å². The van der Waals surface area contributed by atoms with E-state index in [0.29, 0.717) is 35.9 Å². The molecular formula is C24H28N2O3. The van der Waals surface area contributed by atoms with Crippen LogP contribution in [0.2, 0.25) is 0 Å². The van der Waals surface area contributed by atoms with Gasteiger partial charge in [0.25, 0.3) is 11.8 Å². The quantitative estimate of drug-likeness (QED) is 0.655. The smallest absolute Gasteiger partial charge is 0.278 e. The van der Waals surface area contributed by atoms with Gasteiger partial charge < -0.3 is 10.1 Å². The minimum atomic E-state index is -0.299. The van der Waals surface area contributed by atoms with Gasteiger partial charge in [0.15, 0.2) is 0 Å². The van der Waals surface area contributed by atoms with E-state index in [-0.39, 0.29) is 11.8 Å². The van der Waals surface area contributed by atoms with Gasteiger partial charge in [-0.3, -0.25) is 14.5 Å². The third kappa shape index (κ3) is 4.34. The van der Waals surface area contributed by atoms with Gasteiger partial charge in [-0.25, -0.2) is 0 Å². The summed E-state index contributed by atoms with van der Waals surface area (Å²) in [5.41, 5.74) is 3.41. The second-order valence-corrected chi connectivity index (χ2v) is 7.38. The molecule has 0 aromatic heterocycles. The summed E-state index contributed by atoms with van der Waals surface area (Å²) in [5.74, 6) is 0.601. The van der Waals surface area contributed by atoms with E-state index < -0.39 is 0 Å². The number of anilines is 1. The topological polar surface area (TPSA) is 58.6 Å². The number of hydrogen-bond acceptors (Lipinski definition) is 4. The molecule has 1 aliphatic rings. The summed E-state index contributed by atoms with van der Waals surface area (Å²) in [6, 6.07) is 15.3. The Morgan fingerprint density at radius 2 is 1.59 bits per heavy atom. The number of carbonyl (C=O) groups is 2. The molecule has 0 saturated carbocycles. The number of nitrogens with zero attached hydrogens (tertiary/aromatic N) is 1. The molecule has 0 spiro atoms. The lowest BCUT2D eigenvalue weighted by molar-refractivity contribution is -0.136. The molecule has 0 atom stereocenters. The van der Waals surface area contributed by atoms with E-state index in [1.807, 2.05) is 55.5 Å². The van der Waals surface area contributed by atoms with Gasteiger partial charge in [-0.15, -0.1) is 0 Å². The molecule has 2 aromatic rings. The summed E-state index contributed by atoms with van der Waals surface area (Å²) >= 11 is 0. The summed E-state index contributed by atoms with van der Waals surface area (Å²) in [6.07, 6.45) is 0.926. The summed E-state index contributed by atoms with van der Waals surface area (Å²) in [5, 5.41) is 3.19. The lowest BCUT2D eigenvalue weighted by Gasteiger charge is -2.12. The van der Waals surface area contributed by atoms with Crippen LogP contribution in [0.25, 0.3) is 5.57 Å². The molecule has 0 radical (unpaired) electrons. The van der Waals surface area contributed by atoms with Crippen molar-refractivity contribution in [3.8, 4) is 5.75 Å². The number of ether oxygens (including phenoxy) is 1. The molecule has 0 bridgehead atoms. The lowest BCUT2D eigenvalue weighted by atomic mass is 10.0. The number of rotatable bonds is 8. The van der Waals surface area contributed by atoms with Crippen molar-refractivity contribution in [2.75, 3.05) is 18.5 Å². The Bertz CT molecular complexity index is 912. The first-order valence-electron chi connectivity index (χ1n) is 10.2. The van der Waals surface area contributed by atoms with Gasteiger partial charge in [0.1, 0.15) is 11.4 Å². The van der Waals surface area contributed by atoms with E-state index in [1.54, 1.807) is 6.92 Å². The molecule has 2 amide bonds. The average molecular weight is 392 g/mol. The fraction of sp³-hybridized carbons (Fsp3) is 0.333. The minimum Gasteiger partial charge on any atom is -0.494 e. The van der Waals surface area contributed by atoms with Gasteiger partial charge in [-0.2, -0.15) is 0 Å². The van der Waals surface area contributed by atoms with Crippen LogP contribution in [0.5, 0.6) is 5.75 Å². The Kier molecular flexibility index (Phi) is 6.37. The number of nitrogens with one attached hydrogen (secondary N) is 1. The zero-order valence-corrected chi connectivity index (χ0v) is 17.5. The van der Waals surface area contributed by atoms with E-state index in [4.69, 9.17) is 4.74 Å². The van der Waals surface area contributed by atoms with E-state index in [2.05, 4.69) is 19.2 Å². The number of amides is 2. The predicted octanol–water partition coefficient (Wildman–Crippen LogP) is 4.81. The summed E-state index contributed by atoms with van der Waals surface area (Å²) in [6.45, 7) is 9.09. The van der Waals surface area contributed by atoms with Crippen LogP contribution in [0.3, 0.4) is 0 Å². The van der Waals surface area contributed by atoms with Gasteiger partial charge in [-0.1, -0.05) is 45.0 Å². The molecule has 0 aliphatic carbocycles. The maximum atomic E-state index is 12.9. The van der Waals surface area contributed by atoms with Crippen molar-refractivity contribution in [3.63, 3.8) is 0 Å². The maximum Gasteiger partial charge on any atom is 0.278 e. The van der Waals surface area contributed by atoms with Gasteiger partial charge in [0.2, 0.25) is 0 Å². The minimum absolute atomic E-state index is 0.277. The van der Waals surface area contributed by atoms with Crippen LogP contribution in [0, 0.1) is 0 Å². The number of likely N-dealkylation sites (N-methyl/N-ethyl adjacent to an activating group) is 1. The monoisotopic (exact) mass is 392 g/mol. The van der Waals surface area contributed by atoms with Gasteiger partial charge in [-0.05, 0) is 54.7 Å². The zero-order valence-electron chi connectivity index (χ0n) is 17.5. The van der Waals surface area contributed by atoms with Crippen molar-refractivity contribution in [1.82, 2.24) is 4.90 Å². The van der Waals surface area contributed by atoms with Crippen molar-refractivity contribution < 1.29 is 14.3 Å². The molecule has 2 aromatic carbocycles. The Hall–Kier alpha value is -3.08. The van der Waals surface area contributed by atoms with Gasteiger partial charge >= 0.3 is 0 Å². The number of hydrogen-bond donors (Lipinski definition) is 1. The Morgan fingerprint density at radius 3 is 2.14 bits per heavy atom. The Morgan fingerprint density at radius 1 is 0.931 bits per heavy atom. The summed E-state index contributed by atoms with van der Waals surface area (Å²) in [4.78, 5) is 27.1. The Balaban J connectivity index is 1.95. The Labute approximate surface area is 172 Å². The van der Waals surface area contributed by atoms with Crippen LogP contribution in [-0.2, 0) is 9.59 Å². The first-order valence-corrected chi connectivity index (χ1v) is 10.2. The van der Waals surface area contributed by atoms with Gasteiger partial charge in [0.05, 0.1) is 12.2 Å². The highest BCUT2D eigenvalue weighted by Crippen LogP contribution is 2.31. The van der Waals surface area contributed by atoms with Crippen molar-refractivity contribution in [3.05, 3.63) is 65.4 Å². The number of imide groups is 1. The highest BCUT2D eigenvalue weighted by atomic mass is 16.5. The molecule has 29 heavy (non-hydrogen) atoms. The molecular weight excluding hydrogens is 364 g/mol. The van der Waals surface area contributed by atoms with Crippen LogP contribution in [0.15, 0.2) is 54.2 Å². The first kappa shape index (κ1) is 20.6. The molecule has 3 rings (SSSR count). The fourth-order valence-corrected chi connectivity index (χ4v) is 3.28. The predicted molar refractivity (Wildman–Crippen MR) is 116 cm³/mol. The highest BCUT2D eigenvalue weighted by molar-refractivity contribution is 6.36. The SMILES string of the molecule is CCCOc1ccc(C2=C(Nc3ccc(C(C)C)cc3)C(=O)N(CC)C2=O)cc1. The maximum absolute atomic E-state index is 12.9. The van der Waals surface area contributed by atoms with E-state index in [1.165, 1.54) is 10.5 Å². The normalized spacial score (nSPS) is 14.2. The first-order chi connectivity index (χ1) is 14.0. The second-order valence-electron chi connectivity index (χ2n) is 7.38. The fourth-order valence-electron chi connectivity index (χ4n) is 3.28. The second kappa shape index (κ2) is 8.95. The standard InChI is InChI=1S/C24H28N2O3/c1-5-15-29-20-13-9-18(10-14-20)21-22(24(28)26(6-2)23(21)27)25-19-11-7-17(8-12-19)16(3)4/h7-14,16,25H,5-6,15H2,1-4H3. The lowest BCUT2D eigenvalue weighted by Crippen LogP contribution is -2.32. The third-order valence-corrected chi connectivity index (χ3v) is 4.95. The van der Waals surface area contributed by atoms with E-state index in [9.17, 15) is 9.59 Å². The molecule has 5 nitrogen and oxygen atoms in total. The van der Waals surface area contributed by atoms with Crippen LogP contribution in [-0.4, -0.2) is 29.9 Å². The van der Waals surface area contributed by atoms with Crippen molar-refractivity contribution in [1.29, 1.82) is 0 Å². The van der Waals surface area contributed by atoms with Gasteiger partial charge in [0, 0.05) is 12.2 Å². The molecule has 0 fully saturated rings. The molecule has 1 heterocycles. The van der Waals surface area contributed by atoms with Crippen LogP contribution in [0.1, 0.15) is 51.2 Å². The third-order valence-electron chi connectivity index (χ3n) is 4.95. The molecule has 5 heteroatoms. The van der Waals surface area contributed by atoms with Crippen LogP contribution < -0.4 is 10.1 Å². The summed E-state index contributed by atoms with van der Waals surface area (Å²) in [7, 11) is 0. The van der Waals surface area contributed by atoms with Crippen LogP contribution >= 0.6 is 0 Å². The molecule has 0 unspecified atom stereocenters. The zero-order chi connectivity index (χ0) is 21.0. The van der Waals surface area contributed by atoms with E-state index in [0.717, 1.165) is 17.9 Å². The molecule has 152 valence electrons. The largest absolute Gasteiger partial charge is 0.494 e. The van der Waals surface area contributed by atoms with Crippen molar-refractivity contribution in [2.24, 2.45) is 0 Å². The van der Waals surface area contributed by atoms with Crippen molar-refractivity contribution in [2.45, 2.75) is 40.0 Å². The molecule has 1 aliphatic heterocycles. The number of carbonyl (C=O) groups excluding carboxylic acids is 2. The molecule has 0 saturated heterocycles. The summed E-state index contributed by atoms with van der Waals surface area (Å²) < 4.78 is 5.62. The van der Waals surface area contributed by atoms with Crippen molar-refractivity contribution >= 4 is 23.1 Å². The highest BCUT2D eigenvalue weighted by Gasteiger charge is 2.38. The van der Waals surface area contributed by atoms with Crippen LogP contribution in [0.4, 0.5) is 5.69 Å². The average Bonchev–Trinajstić information content (AvgIpc) is 2.96.